The molecule has 2 nitrogen and oxygen atoms in total. The average molecular weight is 825 g/mol. The molecule has 0 fully saturated rings. The van der Waals surface area contributed by atoms with Gasteiger partial charge in [0.2, 0.25) is 0 Å². The van der Waals surface area contributed by atoms with Crippen molar-refractivity contribution >= 4 is 119 Å². The van der Waals surface area contributed by atoms with E-state index in [2.05, 4.69) is 234 Å². The molecule has 58 heavy (non-hydrogen) atoms. The number of nitrogens with zero attached hydrogens (tertiary/aromatic N) is 2. The van der Waals surface area contributed by atoms with Crippen molar-refractivity contribution in [3.63, 3.8) is 0 Å². The summed E-state index contributed by atoms with van der Waals surface area (Å²) in [5, 5.41) is 13.8. The molecule has 8 aromatic rings. The third-order valence-corrected chi connectivity index (χ3v) is 19.9. The van der Waals surface area contributed by atoms with Gasteiger partial charge in [0.15, 0.2) is 0 Å². The molecular weight excluding hydrogens is 765 g/mol. The summed E-state index contributed by atoms with van der Waals surface area (Å²) in [5.41, 5.74) is 7.29. The average Bonchev–Trinajstić information content (AvgIpc) is 3.16. The van der Waals surface area contributed by atoms with Crippen LogP contribution in [0.15, 0.2) is 146 Å². The minimum atomic E-state index is -1.60. The van der Waals surface area contributed by atoms with Gasteiger partial charge in [-0.05, 0) is 105 Å². The van der Waals surface area contributed by atoms with E-state index in [0.717, 1.165) is 0 Å². The van der Waals surface area contributed by atoms with Crippen LogP contribution in [0.5, 0.6) is 0 Å². The molecule has 0 aliphatic rings. The monoisotopic (exact) mass is 824 g/mol. The number of anilines is 6. The zero-order chi connectivity index (χ0) is 41.4. The number of hydrogen-bond acceptors (Lipinski definition) is 2. The maximum Gasteiger partial charge on any atom is 0.0776 e. The molecule has 0 amide bonds. The summed E-state index contributed by atoms with van der Waals surface area (Å²) in [4.78, 5) is 5.00. The van der Waals surface area contributed by atoms with E-state index in [-0.39, 0.29) is 0 Å². The summed E-state index contributed by atoms with van der Waals surface area (Å²) in [7, 11) is -6.41. The minimum absolute atomic E-state index is 1.19. The Labute approximate surface area is 351 Å². The fourth-order valence-electron chi connectivity index (χ4n) is 8.32. The molecule has 0 bridgehead atoms. The maximum absolute atomic E-state index is 2.53. The molecule has 0 aliphatic heterocycles. The van der Waals surface area contributed by atoms with Crippen molar-refractivity contribution < 1.29 is 0 Å². The van der Waals surface area contributed by atoms with Gasteiger partial charge < -0.3 is 9.80 Å². The SMILES string of the molecule is C[Si](C)(C)c1cc(N(c2ccccc2)c2cc3ccc4cc(N(c5ccccc5)c5cc([Si](C)(C)C)cc([Si](C)(C)C)c5)cc5ccc(c2)c3c45)cc([Si](C)(C)C)c1. The molecule has 0 saturated heterocycles. The first-order valence-electron chi connectivity index (χ1n) is 21.0. The summed E-state index contributed by atoms with van der Waals surface area (Å²) in [6.45, 7) is 29.7. The Morgan fingerprint density at radius 3 is 0.741 bits per heavy atom. The van der Waals surface area contributed by atoms with Crippen LogP contribution in [0.4, 0.5) is 34.1 Å². The van der Waals surface area contributed by atoms with Gasteiger partial charge in [-0.25, -0.2) is 0 Å². The second kappa shape index (κ2) is 14.5. The predicted octanol–water partition coefficient (Wildman–Crippen LogP) is 13.7. The molecule has 0 spiro atoms. The van der Waals surface area contributed by atoms with Crippen LogP contribution in [-0.4, -0.2) is 32.3 Å². The van der Waals surface area contributed by atoms with Crippen molar-refractivity contribution in [1.29, 1.82) is 0 Å². The van der Waals surface area contributed by atoms with E-state index >= 15 is 0 Å². The molecule has 6 heteroatoms. The molecule has 0 saturated carbocycles. The van der Waals surface area contributed by atoms with Crippen LogP contribution in [-0.2, 0) is 0 Å². The Kier molecular flexibility index (Phi) is 10.0. The van der Waals surface area contributed by atoms with Crippen LogP contribution in [0.2, 0.25) is 78.6 Å². The zero-order valence-electron chi connectivity index (χ0n) is 36.8. The molecule has 0 heterocycles. The zero-order valence-corrected chi connectivity index (χ0v) is 40.8. The van der Waals surface area contributed by atoms with Gasteiger partial charge in [0, 0.05) is 34.1 Å². The molecule has 294 valence electrons. The highest BCUT2D eigenvalue weighted by Gasteiger charge is 2.28. The van der Waals surface area contributed by atoms with Crippen LogP contribution in [0, 0.1) is 0 Å². The van der Waals surface area contributed by atoms with Gasteiger partial charge in [-0.2, -0.15) is 0 Å². The lowest BCUT2D eigenvalue weighted by Gasteiger charge is -2.31. The molecule has 0 aliphatic carbocycles. The predicted molar refractivity (Wildman–Crippen MR) is 271 cm³/mol. The van der Waals surface area contributed by atoms with E-state index in [1.807, 2.05) is 0 Å². The first-order valence-corrected chi connectivity index (χ1v) is 35.0. The quantitative estimate of drug-likeness (QED) is 0.100. The second-order valence-electron chi connectivity index (χ2n) is 20.5. The molecule has 0 unspecified atom stereocenters. The van der Waals surface area contributed by atoms with Gasteiger partial charge in [-0.1, -0.05) is 172 Å². The van der Waals surface area contributed by atoms with Gasteiger partial charge in [-0.3, -0.25) is 0 Å². The van der Waals surface area contributed by atoms with Crippen molar-refractivity contribution in [2.45, 2.75) is 78.6 Å². The highest BCUT2D eigenvalue weighted by atomic mass is 28.3. The Bertz CT molecular complexity index is 2440. The maximum atomic E-state index is 2.53. The van der Waals surface area contributed by atoms with E-state index in [1.54, 1.807) is 0 Å². The van der Waals surface area contributed by atoms with Crippen LogP contribution in [0.3, 0.4) is 0 Å². The third-order valence-electron chi connectivity index (χ3n) is 11.9. The molecule has 0 N–H and O–H groups in total. The first-order chi connectivity index (χ1) is 27.3. The Morgan fingerprint density at radius 2 is 0.500 bits per heavy atom. The summed E-state index contributed by atoms with van der Waals surface area (Å²) in [5.74, 6) is 0. The lowest BCUT2D eigenvalue weighted by atomic mass is 9.93. The second-order valence-corrected chi connectivity index (χ2v) is 40.9. The van der Waals surface area contributed by atoms with Crippen LogP contribution < -0.4 is 30.5 Å². The van der Waals surface area contributed by atoms with Gasteiger partial charge in [-0.15, -0.1) is 0 Å². The van der Waals surface area contributed by atoms with E-state index in [4.69, 9.17) is 0 Å². The van der Waals surface area contributed by atoms with E-state index in [1.165, 1.54) is 87.2 Å². The molecule has 0 aromatic heterocycles. The highest BCUT2D eigenvalue weighted by Crippen LogP contribution is 2.44. The summed E-state index contributed by atoms with van der Waals surface area (Å²) < 4.78 is 0. The van der Waals surface area contributed by atoms with E-state index in [0.29, 0.717) is 0 Å². The van der Waals surface area contributed by atoms with Crippen molar-refractivity contribution in [3.8, 4) is 0 Å². The third kappa shape index (κ3) is 7.75. The number of para-hydroxylation sites is 2. The summed E-state index contributed by atoms with van der Waals surface area (Å²) >= 11 is 0. The summed E-state index contributed by atoms with van der Waals surface area (Å²) in [6.07, 6.45) is 0. The standard InChI is InChI=1S/C52H60N2Si4/c1-55(2,3)47-31-45(32-48(35-47)56(4,5)6)53(41-19-15-13-16-20-41)43-27-37-23-25-39-29-44(30-40-26-24-38(28-43)51(37)52(39)40)54(42-21-17-14-18-22-42)46-33-49(57(7,8)9)36-50(34-46)58(10,11)12/h13-36H,1-12H3. The Morgan fingerprint density at radius 1 is 0.259 bits per heavy atom. The number of benzene rings is 8. The van der Waals surface area contributed by atoms with E-state index < -0.39 is 32.3 Å². The summed E-state index contributed by atoms with van der Waals surface area (Å²) in [6, 6.07) is 56.1. The topological polar surface area (TPSA) is 6.48 Å². The lowest BCUT2D eigenvalue weighted by molar-refractivity contribution is 1.29. The Hall–Kier alpha value is -4.73. The van der Waals surface area contributed by atoms with Gasteiger partial charge >= 0.3 is 0 Å². The molecule has 0 atom stereocenters. The van der Waals surface area contributed by atoms with Gasteiger partial charge in [0.05, 0.1) is 32.3 Å². The van der Waals surface area contributed by atoms with E-state index in [9.17, 15) is 0 Å². The molecule has 8 rings (SSSR count). The Balaban J connectivity index is 1.32. The number of rotatable bonds is 10. The fourth-order valence-corrected chi connectivity index (χ4v) is 13.3. The van der Waals surface area contributed by atoms with Crippen LogP contribution in [0.25, 0.3) is 32.3 Å². The van der Waals surface area contributed by atoms with Crippen molar-refractivity contribution in [1.82, 2.24) is 0 Å². The fraction of sp³-hybridized carbons (Fsp3) is 0.231. The van der Waals surface area contributed by atoms with Crippen molar-refractivity contribution in [2.75, 3.05) is 9.80 Å². The van der Waals surface area contributed by atoms with Crippen LogP contribution in [0.1, 0.15) is 0 Å². The molecule has 8 aromatic carbocycles. The highest BCUT2D eigenvalue weighted by molar-refractivity contribution is 6.92. The first kappa shape index (κ1) is 40.1. The van der Waals surface area contributed by atoms with Crippen molar-refractivity contribution in [3.05, 3.63) is 146 Å². The van der Waals surface area contributed by atoms with Gasteiger partial charge in [0.25, 0.3) is 0 Å². The molecular formula is C52H60N2Si4. The minimum Gasteiger partial charge on any atom is -0.310 e. The van der Waals surface area contributed by atoms with Crippen LogP contribution >= 0.6 is 0 Å². The molecule has 0 radical (unpaired) electrons. The van der Waals surface area contributed by atoms with Gasteiger partial charge in [0.1, 0.15) is 0 Å². The normalized spacial score (nSPS) is 12.8. The smallest absolute Gasteiger partial charge is 0.0776 e. The largest absolute Gasteiger partial charge is 0.310 e. The number of hydrogen-bond donors (Lipinski definition) is 0. The lowest BCUT2D eigenvalue weighted by Crippen LogP contribution is -2.45. The van der Waals surface area contributed by atoms with Crippen molar-refractivity contribution in [2.24, 2.45) is 0 Å².